The highest BCUT2D eigenvalue weighted by molar-refractivity contribution is 5.83. The van der Waals surface area contributed by atoms with Crippen LogP contribution in [0.3, 0.4) is 0 Å². The maximum atomic E-state index is 9.79. The molecule has 0 aliphatic rings. The summed E-state index contributed by atoms with van der Waals surface area (Å²) < 4.78 is 6.01. The van der Waals surface area contributed by atoms with E-state index >= 15 is 0 Å². The molecule has 3 nitrogen and oxygen atoms in total. The Bertz CT molecular complexity index is 1390. The van der Waals surface area contributed by atoms with E-state index in [1.165, 1.54) is 0 Å². The third-order valence-electron chi connectivity index (χ3n) is 6.08. The Hall–Kier alpha value is -4.60. The lowest BCUT2D eigenvalue weighted by Crippen LogP contribution is -2.09. The number of anilines is 3. The van der Waals surface area contributed by atoms with Gasteiger partial charge in [-0.1, -0.05) is 84.9 Å². The minimum absolute atomic E-state index is 0.0773. The van der Waals surface area contributed by atoms with E-state index in [1.807, 2.05) is 60.7 Å². The Morgan fingerprint density at radius 3 is 1.73 bits per heavy atom. The largest absolute Gasteiger partial charge is 0.457 e. The Labute approximate surface area is 218 Å². The van der Waals surface area contributed by atoms with Crippen molar-refractivity contribution in [3.8, 4) is 11.5 Å². The minimum Gasteiger partial charge on any atom is -0.457 e. The zero-order valence-corrected chi connectivity index (χ0v) is 20.6. The first kappa shape index (κ1) is 24.1. The van der Waals surface area contributed by atoms with Crippen LogP contribution in [-0.4, -0.2) is 11.7 Å². The van der Waals surface area contributed by atoms with E-state index in [2.05, 4.69) is 89.8 Å². The summed E-state index contributed by atoms with van der Waals surface area (Å²) in [5, 5.41) is 9.79. The molecule has 0 heterocycles. The summed E-state index contributed by atoms with van der Waals surface area (Å²) in [6, 6.07) is 47.0. The lowest BCUT2D eigenvalue weighted by Gasteiger charge is -2.25. The molecule has 182 valence electrons. The highest BCUT2D eigenvalue weighted by atomic mass is 16.5. The molecule has 0 atom stereocenters. The number of hydrogen-bond donors (Lipinski definition) is 1. The highest BCUT2D eigenvalue weighted by Crippen LogP contribution is 2.35. The predicted molar refractivity (Wildman–Crippen MR) is 154 cm³/mol. The molecule has 0 fully saturated rings. The third kappa shape index (κ3) is 6.16. The molecule has 0 aromatic heterocycles. The quantitative estimate of drug-likeness (QED) is 0.213. The number of para-hydroxylation sites is 3. The summed E-state index contributed by atoms with van der Waals surface area (Å²) in [4.78, 5) is 2.24. The molecule has 5 aromatic rings. The predicted octanol–water partition coefficient (Wildman–Crippen LogP) is 8.87. The van der Waals surface area contributed by atoms with Crippen molar-refractivity contribution >= 4 is 28.7 Å². The van der Waals surface area contributed by atoms with Crippen LogP contribution in [0.5, 0.6) is 11.5 Å². The first-order chi connectivity index (χ1) is 18.3. The zero-order valence-electron chi connectivity index (χ0n) is 20.6. The van der Waals surface area contributed by atoms with Crippen molar-refractivity contribution in [3.05, 3.63) is 151 Å². The lowest BCUT2D eigenvalue weighted by atomic mass is 9.99. The highest BCUT2D eigenvalue weighted by Gasteiger charge is 2.12. The molecule has 0 bridgehead atoms. The Balaban J connectivity index is 1.44. The van der Waals surface area contributed by atoms with Crippen molar-refractivity contribution in [2.45, 2.75) is 6.42 Å². The number of rotatable bonds is 9. The van der Waals surface area contributed by atoms with Gasteiger partial charge in [-0.2, -0.15) is 0 Å². The summed E-state index contributed by atoms with van der Waals surface area (Å²) in [6.45, 7) is 0.0773. The molecule has 0 aliphatic heterocycles. The van der Waals surface area contributed by atoms with E-state index in [-0.39, 0.29) is 6.61 Å². The van der Waals surface area contributed by atoms with Gasteiger partial charge < -0.3 is 14.7 Å². The zero-order chi connectivity index (χ0) is 25.3. The second-order valence-corrected chi connectivity index (χ2v) is 8.68. The van der Waals surface area contributed by atoms with Crippen molar-refractivity contribution in [2.24, 2.45) is 0 Å². The summed E-state index contributed by atoms with van der Waals surface area (Å²) in [5.74, 6) is 1.58. The number of benzene rings is 5. The molecule has 0 amide bonds. The van der Waals surface area contributed by atoms with E-state index in [0.717, 1.165) is 45.3 Å². The fraction of sp³-hybridized carbons (Fsp3) is 0.0588. The lowest BCUT2D eigenvalue weighted by molar-refractivity contribution is 0.305. The van der Waals surface area contributed by atoms with Gasteiger partial charge in [-0.05, 0) is 83.8 Å². The molecule has 5 rings (SSSR count). The van der Waals surface area contributed by atoms with E-state index in [4.69, 9.17) is 4.74 Å². The van der Waals surface area contributed by atoms with Gasteiger partial charge in [-0.3, -0.25) is 0 Å². The van der Waals surface area contributed by atoms with Gasteiger partial charge in [0.2, 0.25) is 0 Å². The average Bonchev–Trinajstić information content (AvgIpc) is 2.95. The molecule has 37 heavy (non-hydrogen) atoms. The van der Waals surface area contributed by atoms with Crippen LogP contribution in [0.15, 0.2) is 140 Å². The van der Waals surface area contributed by atoms with Gasteiger partial charge in [0.1, 0.15) is 11.5 Å². The number of nitrogens with zero attached hydrogens (tertiary/aromatic N) is 1. The van der Waals surface area contributed by atoms with Crippen molar-refractivity contribution in [1.82, 2.24) is 0 Å². The molecule has 3 heteroatoms. The smallest absolute Gasteiger partial charge is 0.128 e. The van der Waals surface area contributed by atoms with Crippen LogP contribution in [0.25, 0.3) is 11.6 Å². The fourth-order valence-corrected chi connectivity index (χ4v) is 4.34. The molecular weight excluding hydrogens is 454 g/mol. The van der Waals surface area contributed by atoms with Crippen LogP contribution in [-0.2, 0) is 0 Å². The molecule has 0 aliphatic carbocycles. The van der Waals surface area contributed by atoms with Gasteiger partial charge >= 0.3 is 0 Å². The van der Waals surface area contributed by atoms with Gasteiger partial charge in [-0.15, -0.1) is 0 Å². The van der Waals surface area contributed by atoms with Crippen molar-refractivity contribution in [2.75, 3.05) is 11.5 Å². The number of aliphatic hydroxyl groups is 1. The first-order valence-electron chi connectivity index (χ1n) is 12.5. The van der Waals surface area contributed by atoms with Crippen molar-refractivity contribution < 1.29 is 9.84 Å². The summed E-state index contributed by atoms with van der Waals surface area (Å²) >= 11 is 0. The molecule has 1 N–H and O–H groups in total. The van der Waals surface area contributed by atoms with Crippen LogP contribution >= 0.6 is 0 Å². The SMILES string of the molecule is OCCC(=Cc1cccc(Oc2ccccc2)c1)c1ccc(N(c2ccccc2)c2ccccc2)cc1. The second kappa shape index (κ2) is 11.9. The maximum absolute atomic E-state index is 9.79. The monoisotopic (exact) mass is 483 g/mol. The van der Waals surface area contributed by atoms with Crippen LogP contribution in [0.1, 0.15) is 17.5 Å². The minimum atomic E-state index is 0.0773. The molecule has 0 spiro atoms. The molecular formula is C34H29NO2. The van der Waals surface area contributed by atoms with E-state index in [1.54, 1.807) is 0 Å². The molecule has 5 aromatic carbocycles. The topological polar surface area (TPSA) is 32.7 Å². The third-order valence-corrected chi connectivity index (χ3v) is 6.08. The van der Waals surface area contributed by atoms with Gasteiger partial charge in [0.25, 0.3) is 0 Å². The standard InChI is InChI=1S/C34H29NO2/c36-24-23-29(25-27-11-10-18-34(26-27)37-33-16-8-3-9-17-33)28-19-21-32(22-20-28)35(30-12-4-1-5-13-30)31-14-6-2-7-15-31/h1-22,25-26,36H,23-24H2. The number of hydrogen-bond acceptors (Lipinski definition) is 3. The summed E-state index contributed by atoms with van der Waals surface area (Å²) in [5.41, 5.74) is 6.44. The number of ether oxygens (including phenoxy) is 1. The molecule has 0 radical (unpaired) electrons. The van der Waals surface area contributed by atoms with Crippen LogP contribution < -0.4 is 9.64 Å². The van der Waals surface area contributed by atoms with Crippen LogP contribution in [0.4, 0.5) is 17.1 Å². The van der Waals surface area contributed by atoms with E-state index in [0.29, 0.717) is 6.42 Å². The first-order valence-corrected chi connectivity index (χ1v) is 12.5. The fourth-order valence-electron chi connectivity index (χ4n) is 4.34. The Morgan fingerprint density at radius 2 is 1.14 bits per heavy atom. The summed E-state index contributed by atoms with van der Waals surface area (Å²) in [7, 11) is 0. The van der Waals surface area contributed by atoms with Crippen molar-refractivity contribution in [3.63, 3.8) is 0 Å². The van der Waals surface area contributed by atoms with Gasteiger partial charge in [-0.25, -0.2) is 0 Å². The normalized spacial score (nSPS) is 11.2. The van der Waals surface area contributed by atoms with E-state index in [9.17, 15) is 5.11 Å². The second-order valence-electron chi connectivity index (χ2n) is 8.68. The Kier molecular flexibility index (Phi) is 7.75. The molecule has 0 saturated carbocycles. The van der Waals surface area contributed by atoms with Gasteiger partial charge in [0.15, 0.2) is 0 Å². The number of aliphatic hydroxyl groups excluding tert-OH is 1. The van der Waals surface area contributed by atoms with Crippen LogP contribution in [0.2, 0.25) is 0 Å². The van der Waals surface area contributed by atoms with Gasteiger partial charge in [0.05, 0.1) is 0 Å². The maximum Gasteiger partial charge on any atom is 0.128 e. The van der Waals surface area contributed by atoms with E-state index < -0.39 is 0 Å². The molecule has 0 unspecified atom stereocenters. The summed E-state index contributed by atoms with van der Waals surface area (Å²) in [6.07, 6.45) is 2.68. The molecule has 0 saturated heterocycles. The van der Waals surface area contributed by atoms with Crippen molar-refractivity contribution in [1.29, 1.82) is 0 Å². The van der Waals surface area contributed by atoms with Crippen LogP contribution in [0, 0.1) is 0 Å². The Morgan fingerprint density at radius 1 is 0.595 bits per heavy atom. The van der Waals surface area contributed by atoms with Gasteiger partial charge in [0, 0.05) is 23.7 Å². The average molecular weight is 484 g/mol.